The summed E-state index contributed by atoms with van der Waals surface area (Å²) in [6.45, 7) is 3.64. The number of hydrogen-bond donors (Lipinski definition) is 1. The van der Waals surface area contributed by atoms with Crippen LogP contribution < -0.4 is 4.72 Å². The van der Waals surface area contributed by atoms with Crippen LogP contribution in [0.3, 0.4) is 0 Å². The van der Waals surface area contributed by atoms with E-state index in [0.29, 0.717) is 17.4 Å². The normalized spacial score (nSPS) is 11.4. The Morgan fingerprint density at radius 1 is 0.957 bits per heavy atom. The minimum absolute atomic E-state index is 0.222. The van der Waals surface area contributed by atoms with E-state index >= 15 is 0 Å². The Morgan fingerprint density at radius 3 is 2.17 bits per heavy atom. The number of aromatic nitrogens is 2. The van der Waals surface area contributed by atoms with Crippen LogP contribution in [0.25, 0.3) is 11.5 Å². The molecule has 0 amide bonds. The van der Waals surface area contributed by atoms with Gasteiger partial charge in [0.15, 0.2) is 5.82 Å². The van der Waals surface area contributed by atoms with Gasteiger partial charge in [-0.25, -0.2) is 8.42 Å². The highest BCUT2D eigenvalue weighted by Crippen LogP contribution is 2.21. The zero-order chi connectivity index (χ0) is 16.4. The average molecular weight is 329 g/mol. The maximum Gasteiger partial charge on any atom is 0.261 e. The predicted octanol–water partition coefficient (Wildman–Crippen LogP) is 3.15. The smallest absolute Gasteiger partial charge is 0.261 e. The van der Waals surface area contributed by atoms with E-state index in [4.69, 9.17) is 4.52 Å². The fourth-order valence-electron chi connectivity index (χ4n) is 2.03. The van der Waals surface area contributed by atoms with Gasteiger partial charge in [0.25, 0.3) is 15.9 Å². The largest absolute Gasteiger partial charge is 0.334 e. The fourth-order valence-corrected chi connectivity index (χ4v) is 3.09. The van der Waals surface area contributed by atoms with Crippen molar-refractivity contribution in [2.45, 2.75) is 18.7 Å². The second-order valence-corrected chi connectivity index (χ2v) is 6.83. The first-order valence-corrected chi connectivity index (χ1v) is 8.42. The van der Waals surface area contributed by atoms with E-state index in [1.165, 1.54) is 0 Å². The van der Waals surface area contributed by atoms with Gasteiger partial charge in [-0.2, -0.15) is 4.98 Å². The van der Waals surface area contributed by atoms with Crippen molar-refractivity contribution in [3.05, 3.63) is 59.9 Å². The Bertz CT molecular complexity index is 914. The molecule has 0 aliphatic carbocycles. The molecule has 1 aromatic heterocycles. The third-order valence-electron chi connectivity index (χ3n) is 3.24. The van der Waals surface area contributed by atoms with Crippen molar-refractivity contribution in [3.63, 3.8) is 0 Å². The third-order valence-corrected chi connectivity index (χ3v) is 4.64. The summed E-state index contributed by atoms with van der Waals surface area (Å²) in [5.41, 5.74) is 2.19. The maximum atomic E-state index is 12.3. The lowest BCUT2D eigenvalue weighted by molar-refractivity contribution is 0.425. The van der Waals surface area contributed by atoms with Crippen molar-refractivity contribution < 1.29 is 12.9 Å². The summed E-state index contributed by atoms with van der Waals surface area (Å²) in [7, 11) is -3.60. The summed E-state index contributed by atoms with van der Waals surface area (Å²) in [5.74, 6) is 0.944. The van der Waals surface area contributed by atoms with E-state index in [-0.39, 0.29) is 4.90 Å². The number of rotatable bonds is 4. The molecule has 0 unspecified atom stereocenters. The highest BCUT2D eigenvalue weighted by atomic mass is 32.2. The predicted molar refractivity (Wildman–Crippen MR) is 86.5 cm³/mol. The topological polar surface area (TPSA) is 85.1 Å². The summed E-state index contributed by atoms with van der Waals surface area (Å²) < 4.78 is 32.3. The number of hydrogen-bond acceptors (Lipinski definition) is 5. The third kappa shape index (κ3) is 3.40. The van der Waals surface area contributed by atoms with E-state index < -0.39 is 10.0 Å². The molecular weight excluding hydrogens is 314 g/mol. The molecule has 0 aliphatic heterocycles. The SMILES string of the molecule is Cc1ccc(S(=O)(=O)Nc2ccc(-c3nc(C)no3)cc2)cc1. The number of aryl methyl sites for hydroxylation is 2. The molecule has 1 heterocycles. The molecule has 0 fully saturated rings. The second kappa shape index (κ2) is 5.85. The van der Waals surface area contributed by atoms with Gasteiger partial charge in [0.05, 0.1) is 4.90 Å². The van der Waals surface area contributed by atoms with Crippen LogP contribution in [0, 0.1) is 13.8 Å². The zero-order valence-electron chi connectivity index (χ0n) is 12.6. The second-order valence-electron chi connectivity index (χ2n) is 5.14. The molecule has 0 saturated carbocycles. The number of sulfonamides is 1. The van der Waals surface area contributed by atoms with Crippen molar-refractivity contribution in [2.24, 2.45) is 0 Å². The van der Waals surface area contributed by atoms with Gasteiger partial charge < -0.3 is 4.52 Å². The first-order chi connectivity index (χ1) is 10.9. The van der Waals surface area contributed by atoms with Crippen LogP contribution in [-0.2, 0) is 10.0 Å². The molecule has 0 radical (unpaired) electrons. The summed E-state index contributed by atoms with van der Waals surface area (Å²) in [5, 5.41) is 3.72. The van der Waals surface area contributed by atoms with Crippen LogP contribution in [0.4, 0.5) is 5.69 Å². The number of anilines is 1. The Balaban J connectivity index is 1.81. The Morgan fingerprint density at radius 2 is 1.61 bits per heavy atom. The minimum Gasteiger partial charge on any atom is -0.334 e. The van der Waals surface area contributed by atoms with Crippen LogP contribution >= 0.6 is 0 Å². The Labute approximate surface area is 134 Å². The van der Waals surface area contributed by atoms with Crippen LogP contribution in [-0.4, -0.2) is 18.6 Å². The highest BCUT2D eigenvalue weighted by Gasteiger charge is 2.14. The Hall–Kier alpha value is -2.67. The lowest BCUT2D eigenvalue weighted by Gasteiger charge is -2.08. The van der Waals surface area contributed by atoms with Gasteiger partial charge in [0.2, 0.25) is 0 Å². The van der Waals surface area contributed by atoms with Crippen LogP contribution in [0.2, 0.25) is 0 Å². The Kier molecular flexibility index (Phi) is 3.87. The van der Waals surface area contributed by atoms with Crippen LogP contribution in [0.1, 0.15) is 11.4 Å². The molecule has 3 rings (SSSR count). The number of nitrogens with one attached hydrogen (secondary N) is 1. The molecular formula is C16H15N3O3S. The van der Waals surface area contributed by atoms with Gasteiger partial charge in [0, 0.05) is 11.3 Å². The molecule has 7 heteroatoms. The molecule has 6 nitrogen and oxygen atoms in total. The standard InChI is InChI=1S/C16H15N3O3S/c1-11-3-9-15(10-4-11)23(20,21)19-14-7-5-13(6-8-14)16-17-12(2)18-22-16/h3-10,19H,1-2H3. The highest BCUT2D eigenvalue weighted by molar-refractivity contribution is 7.92. The molecule has 2 aromatic carbocycles. The van der Waals surface area contributed by atoms with E-state index in [0.717, 1.165) is 11.1 Å². The average Bonchev–Trinajstić information content (AvgIpc) is 2.95. The zero-order valence-corrected chi connectivity index (χ0v) is 13.5. The maximum absolute atomic E-state index is 12.3. The van der Waals surface area contributed by atoms with Crippen molar-refractivity contribution in [1.29, 1.82) is 0 Å². The van der Waals surface area contributed by atoms with E-state index in [2.05, 4.69) is 14.9 Å². The van der Waals surface area contributed by atoms with Crippen LogP contribution in [0.5, 0.6) is 0 Å². The summed E-state index contributed by atoms with van der Waals surface area (Å²) >= 11 is 0. The van der Waals surface area contributed by atoms with Gasteiger partial charge >= 0.3 is 0 Å². The molecule has 118 valence electrons. The van der Waals surface area contributed by atoms with E-state index in [1.54, 1.807) is 55.5 Å². The summed E-state index contributed by atoms with van der Waals surface area (Å²) in [6.07, 6.45) is 0. The first-order valence-electron chi connectivity index (χ1n) is 6.94. The minimum atomic E-state index is -3.60. The van der Waals surface area contributed by atoms with Crippen molar-refractivity contribution in [2.75, 3.05) is 4.72 Å². The molecule has 0 saturated heterocycles. The van der Waals surface area contributed by atoms with Gasteiger partial charge in [-0.15, -0.1) is 0 Å². The van der Waals surface area contributed by atoms with E-state index in [9.17, 15) is 8.42 Å². The molecule has 0 spiro atoms. The van der Waals surface area contributed by atoms with Crippen molar-refractivity contribution >= 4 is 15.7 Å². The first kappa shape index (κ1) is 15.2. The summed E-state index contributed by atoms with van der Waals surface area (Å²) in [6, 6.07) is 13.4. The molecule has 1 N–H and O–H groups in total. The lowest BCUT2D eigenvalue weighted by atomic mass is 10.2. The fraction of sp³-hybridized carbons (Fsp3) is 0.125. The quantitative estimate of drug-likeness (QED) is 0.794. The number of benzene rings is 2. The van der Waals surface area contributed by atoms with Crippen LogP contribution in [0.15, 0.2) is 57.9 Å². The number of nitrogens with zero attached hydrogens (tertiary/aromatic N) is 2. The molecule has 0 bridgehead atoms. The van der Waals surface area contributed by atoms with E-state index in [1.807, 2.05) is 6.92 Å². The lowest BCUT2D eigenvalue weighted by Crippen LogP contribution is -2.12. The monoisotopic (exact) mass is 329 g/mol. The summed E-state index contributed by atoms with van der Waals surface area (Å²) in [4.78, 5) is 4.35. The van der Waals surface area contributed by atoms with Crippen molar-refractivity contribution in [3.8, 4) is 11.5 Å². The molecule has 3 aromatic rings. The van der Waals surface area contributed by atoms with Gasteiger partial charge in [-0.3, -0.25) is 4.72 Å². The molecule has 0 atom stereocenters. The van der Waals surface area contributed by atoms with Gasteiger partial charge in [0.1, 0.15) is 0 Å². The molecule has 0 aliphatic rings. The molecule has 23 heavy (non-hydrogen) atoms. The van der Waals surface area contributed by atoms with Gasteiger partial charge in [-0.05, 0) is 50.2 Å². The van der Waals surface area contributed by atoms with Crippen molar-refractivity contribution in [1.82, 2.24) is 10.1 Å². The van der Waals surface area contributed by atoms with Gasteiger partial charge in [-0.1, -0.05) is 22.9 Å².